The van der Waals surface area contributed by atoms with Gasteiger partial charge in [-0.2, -0.15) is 0 Å². The number of carbonyl (C=O) groups is 3. The predicted molar refractivity (Wildman–Crippen MR) is 94.6 cm³/mol. The van der Waals surface area contributed by atoms with E-state index in [1.165, 1.54) is 0 Å². The van der Waals surface area contributed by atoms with Gasteiger partial charge in [0.2, 0.25) is 11.5 Å². The smallest absolute Gasteiger partial charge is 0.330 e. The topological polar surface area (TPSA) is 124 Å². The SMILES string of the molecule is CCCCCC(=O)Oc1c(OC(=O)CCCCC)c(O)n(OC(C)=O)c1O. The van der Waals surface area contributed by atoms with Crippen LogP contribution in [0.15, 0.2) is 0 Å². The van der Waals surface area contributed by atoms with Gasteiger partial charge >= 0.3 is 17.9 Å². The van der Waals surface area contributed by atoms with E-state index in [1.54, 1.807) is 0 Å². The Balaban J connectivity index is 3.04. The van der Waals surface area contributed by atoms with E-state index in [9.17, 15) is 24.6 Å². The minimum atomic E-state index is -0.858. The van der Waals surface area contributed by atoms with E-state index >= 15 is 0 Å². The van der Waals surface area contributed by atoms with E-state index in [4.69, 9.17) is 9.47 Å². The molecule has 0 aliphatic rings. The highest BCUT2D eigenvalue weighted by molar-refractivity contribution is 5.79. The maximum absolute atomic E-state index is 12.0. The van der Waals surface area contributed by atoms with E-state index < -0.39 is 41.2 Å². The molecule has 0 bridgehead atoms. The highest BCUT2D eigenvalue weighted by atomic mass is 16.7. The summed E-state index contributed by atoms with van der Waals surface area (Å²) < 4.78 is 10.4. The molecular weight excluding hydrogens is 358 g/mol. The van der Waals surface area contributed by atoms with E-state index in [1.807, 2.05) is 13.8 Å². The first-order chi connectivity index (χ1) is 12.8. The maximum atomic E-state index is 12.0. The summed E-state index contributed by atoms with van der Waals surface area (Å²) in [6.07, 6.45) is 4.77. The molecular formula is C18H27NO8. The third-order valence-electron chi connectivity index (χ3n) is 3.62. The second-order valence-electron chi connectivity index (χ2n) is 6.05. The fourth-order valence-electron chi connectivity index (χ4n) is 2.26. The highest BCUT2D eigenvalue weighted by Crippen LogP contribution is 2.47. The molecule has 1 aromatic heterocycles. The Labute approximate surface area is 157 Å². The first-order valence-electron chi connectivity index (χ1n) is 9.08. The monoisotopic (exact) mass is 385 g/mol. The van der Waals surface area contributed by atoms with Gasteiger partial charge in [-0.1, -0.05) is 44.3 Å². The van der Waals surface area contributed by atoms with Gasteiger partial charge in [-0.05, 0) is 12.8 Å². The van der Waals surface area contributed by atoms with Crippen molar-refractivity contribution in [1.29, 1.82) is 0 Å². The number of nitrogens with zero attached hydrogens (tertiary/aromatic N) is 1. The van der Waals surface area contributed by atoms with Crippen molar-refractivity contribution in [3.63, 3.8) is 0 Å². The molecule has 9 heteroatoms. The first-order valence-corrected chi connectivity index (χ1v) is 9.08. The lowest BCUT2D eigenvalue weighted by Gasteiger charge is -2.06. The highest BCUT2D eigenvalue weighted by Gasteiger charge is 2.31. The van der Waals surface area contributed by atoms with Crippen LogP contribution in [-0.4, -0.2) is 32.9 Å². The second-order valence-corrected chi connectivity index (χ2v) is 6.05. The summed E-state index contributed by atoms with van der Waals surface area (Å²) in [5.74, 6) is -5.06. The van der Waals surface area contributed by atoms with Crippen LogP contribution in [0.4, 0.5) is 0 Å². The molecule has 9 nitrogen and oxygen atoms in total. The summed E-state index contributed by atoms with van der Waals surface area (Å²) >= 11 is 0. The quantitative estimate of drug-likeness (QED) is 0.440. The Morgan fingerprint density at radius 2 is 1.22 bits per heavy atom. The average Bonchev–Trinajstić information content (AvgIpc) is 2.80. The Bertz CT molecular complexity index is 617. The first kappa shape index (κ1) is 22.3. The largest absolute Gasteiger partial charge is 0.490 e. The number of rotatable bonds is 11. The summed E-state index contributed by atoms with van der Waals surface area (Å²) in [5.41, 5.74) is 0. The number of hydrogen-bond acceptors (Lipinski definition) is 8. The van der Waals surface area contributed by atoms with Gasteiger partial charge in [0.05, 0.1) is 0 Å². The van der Waals surface area contributed by atoms with Crippen LogP contribution >= 0.6 is 0 Å². The van der Waals surface area contributed by atoms with Crippen LogP contribution in [0.25, 0.3) is 0 Å². The molecule has 2 N–H and O–H groups in total. The molecule has 0 radical (unpaired) electrons. The van der Waals surface area contributed by atoms with Crippen LogP contribution in [0.1, 0.15) is 72.1 Å². The summed E-state index contributed by atoms with van der Waals surface area (Å²) in [6.45, 7) is 5.00. The summed E-state index contributed by atoms with van der Waals surface area (Å²) in [7, 11) is 0. The molecule has 0 aliphatic heterocycles. The number of ether oxygens (including phenoxy) is 2. The number of aromatic hydroxyl groups is 2. The third kappa shape index (κ3) is 6.84. The second kappa shape index (κ2) is 11.1. The standard InChI is InChI=1S/C18H27NO8/c1-4-6-8-10-13(21)25-15-16(26-14(22)11-9-7-5-2)18(24)19(17(15)23)27-12(3)20/h23-24H,4-11H2,1-3H3. The molecule has 1 aromatic rings. The summed E-state index contributed by atoms with van der Waals surface area (Å²) in [5, 5.41) is 20.3. The molecule has 0 amide bonds. The molecule has 1 rings (SSSR count). The zero-order valence-electron chi connectivity index (χ0n) is 15.9. The molecule has 27 heavy (non-hydrogen) atoms. The number of aromatic nitrogens is 1. The molecule has 0 atom stereocenters. The van der Waals surface area contributed by atoms with Crippen LogP contribution in [0.5, 0.6) is 23.3 Å². The zero-order chi connectivity index (χ0) is 20.4. The van der Waals surface area contributed by atoms with Gasteiger partial charge < -0.3 is 24.5 Å². The summed E-state index contributed by atoms with van der Waals surface area (Å²) in [4.78, 5) is 39.7. The number of hydrogen-bond donors (Lipinski definition) is 2. The van der Waals surface area contributed by atoms with Crippen LogP contribution in [0.2, 0.25) is 0 Å². The zero-order valence-corrected chi connectivity index (χ0v) is 15.9. The lowest BCUT2D eigenvalue weighted by Crippen LogP contribution is -2.15. The maximum Gasteiger partial charge on any atom is 0.330 e. The molecule has 0 saturated heterocycles. The van der Waals surface area contributed by atoms with Crippen molar-refractivity contribution in [1.82, 2.24) is 4.73 Å². The predicted octanol–water partition coefficient (Wildman–Crippen LogP) is 2.85. The van der Waals surface area contributed by atoms with E-state index in [0.717, 1.165) is 32.6 Å². The normalized spacial score (nSPS) is 10.5. The van der Waals surface area contributed by atoms with Gasteiger partial charge in [0, 0.05) is 19.8 Å². The average molecular weight is 385 g/mol. The van der Waals surface area contributed by atoms with Crippen molar-refractivity contribution in [2.75, 3.05) is 0 Å². The van der Waals surface area contributed by atoms with Crippen molar-refractivity contribution in [3.05, 3.63) is 0 Å². The third-order valence-corrected chi connectivity index (χ3v) is 3.62. The van der Waals surface area contributed by atoms with Crippen molar-refractivity contribution >= 4 is 17.9 Å². The molecule has 152 valence electrons. The Morgan fingerprint density at radius 1 is 0.815 bits per heavy atom. The van der Waals surface area contributed by atoms with Crippen molar-refractivity contribution in [3.8, 4) is 23.3 Å². The van der Waals surface area contributed by atoms with Gasteiger partial charge in [-0.25, -0.2) is 4.79 Å². The molecule has 0 saturated carbocycles. The number of carbonyl (C=O) groups excluding carboxylic acids is 3. The van der Waals surface area contributed by atoms with E-state index in [-0.39, 0.29) is 12.8 Å². The lowest BCUT2D eigenvalue weighted by molar-refractivity contribution is -0.142. The van der Waals surface area contributed by atoms with Gasteiger partial charge in [0.1, 0.15) is 0 Å². The Morgan fingerprint density at radius 3 is 1.56 bits per heavy atom. The van der Waals surface area contributed by atoms with Crippen molar-refractivity contribution in [2.24, 2.45) is 0 Å². The molecule has 0 aromatic carbocycles. The fraction of sp³-hybridized carbons (Fsp3) is 0.611. The fourth-order valence-corrected chi connectivity index (χ4v) is 2.26. The summed E-state index contributed by atoms with van der Waals surface area (Å²) in [6, 6.07) is 0. The van der Waals surface area contributed by atoms with Crippen LogP contribution in [0, 0.1) is 0 Å². The van der Waals surface area contributed by atoms with Crippen LogP contribution < -0.4 is 14.3 Å². The van der Waals surface area contributed by atoms with E-state index in [0.29, 0.717) is 17.6 Å². The van der Waals surface area contributed by atoms with Crippen LogP contribution in [0.3, 0.4) is 0 Å². The minimum absolute atomic E-state index is 0.0800. The van der Waals surface area contributed by atoms with Gasteiger partial charge in [0.25, 0.3) is 11.8 Å². The minimum Gasteiger partial charge on any atom is -0.490 e. The molecule has 0 fully saturated rings. The van der Waals surface area contributed by atoms with Crippen molar-refractivity contribution in [2.45, 2.75) is 72.1 Å². The van der Waals surface area contributed by atoms with Crippen LogP contribution in [-0.2, 0) is 14.4 Å². The van der Waals surface area contributed by atoms with Gasteiger partial charge in [-0.15, -0.1) is 0 Å². The molecule has 0 aliphatic carbocycles. The number of unbranched alkanes of at least 4 members (excludes halogenated alkanes) is 4. The van der Waals surface area contributed by atoms with E-state index in [2.05, 4.69) is 4.84 Å². The lowest BCUT2D eigenvalue weighted by atomic mass is 10.2. The Kier molecular flexibility index (Phi) is 9.18. The Hall–Kier alpha value is -2.71. The van der Waals surface area contributed by atoms with Gasteiger partial charge in [0.15, 0.2) is 0 Å². The van der Waals surface area contributed by atoms with Crippen molar-refractivity contribution < 1.29 is 38.9 Å². The molecule has 1 heterocycles. The number of esters is 2. The molecule has 0 spiro atoms. The molecule has 0 unspecified atom stereocenters. The van der Waals surface area contributed by atoms with Gasteiger partial charge in [-0.3, -0.25) is 9.59 Å².